The third-order valence-electron chi connectivity index (χ3n) is 2.35. The van der Waals surface area contributed by atoms with Crippen LogP contribution in [-0.4, -0.2) is 23.5 Å². The van der Waals surface area contributed by atoms with Gasteiger partial charge in [-0.15, -0.1) is 0 Å². The predicted octanol–water partition coefficient (Wildman–Crippen LogP) is 4.08. The number of nitrogens with one attached hydrogen (secondary N) is 1. The van der Waals surface area contributed by atoms with E-state index in [4.69, 9.17) is 0 Å². The van der Waals surface area contributed by atoms with Crippen molar-refractivity contribution in [2.24, 2.45) is 0 Å². The molecule has 0 aromatic heterocycles. The number of amides is 1. The number of carbonyl (C=O) groups excluding carboxylic acids is 1. The highest BCUT2D eigenvalue weighted by Crippen LogP contribution is 2.21. The van der Waals surface area contributed by atoms with Crippen LogP contribution in [0.3, 0.4) is 0 Å². The van der Waals surface area contributed by atoms with E-state index >= 15 is 0 Å². The van der Waals surface area contributed by atoms with Crippen LogP contribution in [0.15, 0.2) is 27.1 Å². The summed E-state index contributed by atoms with van der Waals surface area (Å²) in [5.41, 5.74) is 0.656. The molecule has 2 nitrogen and oxygen atoms in total. The molecule has 5 heteroatoms. The molecular formula is C12H15Br2NOS. The van der Waals surface area contributed by atoms with Gasteiger partial charge in [0.05, 0.1) is 0 Å². The number of hydrogen-bond acceptors (Lipinski definition) is 2. The predicted molar refractivity (Wildman–Crippen MR) is 81.8 cm³/mol. The van der Waals surface area contributed by atoms with Gasteiger partial charge in [-0.3, -0.25) is 4.79 Å². The monoisotopic (exact) mass is 379 g/mol. The van der Waals surface area contributed by atoms with Gasteiger partial charge in [0.1, 0.15) is 0 Å². The van der Waals surface area contributed by atoms with Crippen molar-refractivity contribution >= 4 is 49.5 Å². The van der Waals surface area contributed by atoms with Gasteiger partial charge in [-0.2, -0.15) is 11.8 Å². The average molecular weight is 381 g/mol. The van der Waals surface area contributed by atoms with Crippen LogP contribution in [-0.2, 0) is 0 Å². The second-order valence-electron chi connectivity index (χ2n) is 4.30. The number of hydrogen-bond donors (Lipinski definition) is 1. The summed E-state index contributed by atoms with van der Waals surface area (Å²) in [6, 6.07) is 5.53. The molecule has 0 unspecified atom stereocenters. The van der Waals surface area contributed by atoms with Gasteiger partial charge in [-0.1, -0.05) is 31.9 Å². The quantitative estimate of drug-likeness (QED) is 0.852. The van der Waals surface area contributed by atoms with Crippen molar-refractivity contribution in [2.45, 2.75) is 18.6 Å². The lowest BCUT2D eigenvalue weighted by Crippen LogP contribution is -2.36. The first-order chi connectivity index (χ1) is 7.84. The molecule has 94 valence electrons. The number of carbonyl (C=O) groups is 1. The first-order valence-electron chi connectivity index (χ1n) is 5.13. The molecule has 1 amide bonds. The minimum atomic E-state index is -0.0471. The van der Waals surface area contributed by atoms with Gasteiger partial charge in [0.25, 0.3) is 5.91 Å². The van der Waals surface area contributed by atoms with E-state index < -0.39 is 0 Å². The number of rotatable bonds is 4. The third-order valence-corrected chi connectivity index (χ3v) is 4.52. The molecule has 0 atom stereocenters. The molecule has 0 fully saturated rings. The molecular weight excluding hydrogens is 366 g/mol. The Balaban J connectivity index is 2.70. The van der Waals surface area contributed by atoms with E-state index in [1.807, 2.05) is 24.5 Å². The summed E-state index contributed by atoms with van der Waals surface area (Å²) in [6.45, 7) is 4.86. The zero-order valence-electron chi connectivity index (χ0n) is 10.0. The largest absolute Gasteiger partial charge is 0.351 e. The Labute approximate surface area is 123 Å². The topological polar surface area (TPSA) is 29.1 Å². The number of thioether (sulfide) groups is 1. The molecule has 0 aliphatic heterocycles. The Morgan fingerprint density at radius 1 is 1.29 bits per heavy atom. The Hall–Kier alpha value is -0.000000000000000111. The molecule has 1 N–H and O–H groups in total. The van der Waals surface area contributed by atoms with Crippen LogP contribution < -0.4 is 5.32 Å². The van der Waals surface area contributed by atoms with E-state index in [1.165, 1.54) is 0 Å². The minimum Gasteiger partial charge on any atom is -0.351 e. The van der Waals surface area contributed by atoms with Crippen molar-refractivity contribution in [3.63, 3.8) is 0 Å². The normalized spacial score (nSPS) is 11.4. The van der Waals surface area contributed by atoms with E-state index in [-0.39, 0.29) is 10.7 Å². The molecule has 0 saturated heterocycles. The standard InChI is InChI=1S/C12H15Br2NOS/c1-12(2,17-3)7-15-11(16)8-4-9(13)6-10(14)5-8/h4-6H,7H2,1-3H3,(H,15,16). The molecule has 17 heavy (non-hydrogen) atoms. The van der Waals surface area contributed by atoms with Crippen LogP contribution in [0.1, 0.15) is 24.2 Å². The van der Waals surface area contributed by atoms with Crippen LogP contribution in [0.5, 0.6) is 0 Å². The van der Waals surface area contributed by atoms with Gasteiger partial charge in [-0.05, 0) is 38.3 Å². The van der Waals surface area contributed by atoms with Gasteiger partial charge in [0.15, 0.2) is 0 Å². The summed E-state index contributed by atoms with van der Waals surface area (Å²) in [6.07, 6.45) is 2.04. The smallest absolute Gasteiger partial charge is 0.251 e. The molecule has 0 spiro atoms. The fourth-order valence-electron chi connectivity index (χ4n) is 1.15. The summed E-state index contributed by atoms with van der Waals surface area (Å²) in [7, 11) is 0. The summed E-state index contributed by atoms with van der Waals surface area (Å²) < 4.78 is 1.83. The fraction of sp³-hybridized carbons (Fsp3) is 0.417. The van der Waals surface area contributed by atoms with Gasteiger partial charge < -0.3 is 5.32 Å². The average Bonchev–Trinajstić information content (AvgIpc) is 2.24. The van der Waals surface area contributed by atoms with Crippen LogP contribution in [0.4, 0.5) is 0 Å². The SMILES string of the molecule is CSC(C)(C)CNC(=O)c1cc(Br)cc(Br)c1. The Morgan fingerprint density at radius 2 is 1.82 bits per heavy atom. The molecule has 0 heterocycles. The van der Waals surface area contributed by atoms with Crippen molar-refractivity contribution in [1.82, 2.24) is 5.32 Å². The maximum atomic E-state index is 11.9. The minimum absolute atomic E-state index is 0.0471. The summed E-state index contributed by atoms with van der Waals surface area (Å²) in [4.78, 5) is 11.9. The van der Waals surface area contributed by atoms with Crippen molar-refractivity contribution in [3.05, 3.63) is 32.7 Å². The van der Waals surface area contributed by atoms with Gasteiger partial charge >= 0.3 is 0 Å². The van der Waals surface area contributed by atoms with Crippen LogP contribution in [0.25, 0.3) is 0 Å². The van der Waals surface area contributed by atoms with E-state index in [9.17, 15) is 4.79 Å². The summed E-state index contributed by atoms with van der Waals surface area (Å²) in [5, 5.41) is 2.94. The molecule has 0 radical (unpaired) electrons. The molecule has 1 rings (SSSR count). The van der Waals surface area contributed by atoms with Crippen molar-refractivity contribution < 1.29 is 4.79 Å². The van der Waals surface area contributed by atoms with Crippen LogP contribution in [0.2, 0.25) is 0 Å². The third kappa shape index (κ3) is 5.02. The Kier molecular flexibility index (Phi) is 5.54. The van der Waals surface area contributed by atoms with Gasteiger partial charge in [0, 0.05) is 25.8 Å². The fourth-order valence-corrected chi connectivity index (χ4v) is 2.66. The van der Waals surface area contributed by atoms with Crippen molar-refractivity contribution in [3.8, 4) is 0 Å². The second kappa shape index (κ2) is 6.25. The summed E-state index contributed by atoms with van der Waals surface area (Å²) in [5.74, 6) is -0.0471. The lowest BCUT2D eigenvalue weighted by Gasteiger charge is -2.22. The molecule has 0 bridgehead atoms. The number of halogens is 2. The molecule has 0 aliphatic carbocycles. The molecule has 0 aliphatic rings. The first kappa shape index (κ1) is 15.1. The molecule has 1 aromatic carbocycles. The molecule has 1 aromatic rings. The zero-order chi connectivity index (χ0) is 13.1. The maximum Gasteiger partial charge on any atom is 0.251 e. The van der Waals surface area contributed by atoms with E-state index in [0.29, 0.717) is 12.1 Å². The second-order valence-corrected chi connectivity index (χ2v) is 7.65. The highest BCUT2D eigenvalue weighted by molar-refractivity contribution is 9.11. The van der Waals surface area contributed by atoms with Gasteiger partial charge in [-0.25, -0.2) is 0 Å². The molecule has 0 saturated carbocycles. The Bertz CT molecular complexity index is 401. The van der Waals surface area contributed by atoms with E-state index in [2.05, 4.69) is 51.0 Å². The van der Waals surface area contributed by atoms with Crippen LogP contribution in [0, 0.1) is 0 Å². The number of benzene rings is 1. The first-order valence-corrected chi connectivity index (χ1v) is 7.94. The lowest BCUT2D eigenvalue weighted by molar-refractivity contribution is 0.0950. The van der Waals surface area contributed by atoms with Crippen molar-refractivity contribution in [1.29, 1.82) is 0 Å². The lowest BCUT2D eigenvalue weighted by atomic mass is 10.2. The summed E-state index contributed by atoms with van der Waals surface area (Å²) >= 11 is 8.48. The van der Waals surface area contributed by atoms with Crippen LogP contribution >= 0.6 is 43.6 Å². The maximum absolute atomic E-state index is 11.9. The highest BCUT2D eigenvalue weighted by Gasteiger charge is 2.17. The van der Waals surface area contributed by atoms with E-state index in [1.54, 1.807) is 11.8 Å². The Morgan fingerprint density at radius 3 is 2.29 bits per heavy atom. The van der Waals surface area contributed by atoms with E-state index in [0.717, 1.165) is 8.95 Å². The van der Waals surface area contributed by atoms with Crippen molar-refractivity contribution in [2.75, 3.05) is 12.8 Å². The van der Waals surface area contributed by atoms with Gasteiger partial charge in [0.2, 0.25) is 0 Å². The zero-order valence-corrected chi connectivity index (χ0v) is 14.0. The highest BCUT2D eigenvalue weighted by atomic mass is 79.9.